The van der Waals surface area contributed by atoms with Crippen molar-refractivity contribution in [3.63, 3.8) is 0 Å². The Morgan fingerprint density at radius 2 is 0.750 bits per heavy atom. The van der Waals surface area contributed by atoms with Gasteiger partial charge in [0.1, 0.15) is 19.0 Å². The van der Waals surface area contributed by atoms with Crippen LogP contribution in [0.15, 0.2) is 165 Å². The standard InChI is InChI=1S/C13H10F3N3O2.2C13H14N4O.3C5H6N2.ClH.H3N/c1-8-4-9(6-10(5-8)13(14,15)16)12-17-7-19(18-12)3-2-11(20)21;2*1-9-5-10(2)7-11(6-9)13-15-8-17(16-13)4-3-12(14)18;3*6-5-1-3-7-4-2-5;;/h2-7H,1H3,(H,20,21);2*3-8H,1-2H3,(H2,14,18);3*1-4H,(H2,6,7);1H;1H3/b3-2-;2*4-3-;;;;;. The van der Waals surface area contributed by atoms with E-state index < -0.39 is 29.5 Å². The van der Waals surface area contributed by atoms with Gasteiger partial charge in [0.2, 0.25) is 11.8 Å². The smallest absolute Gasteiger partial charge is 0.416 e. The maximum absolute atomic E-state index is 12.8. The van der Waals surface area contributed by atoms with E-state index in [1.54, 1.807) is 80.5 Å². The third-order valence-corrected chi connectivity index (χ3v) is 9.42. The number of nitrogens with zero attached hydrogens (tertiary/aromatic N) is 12. The molecular formula is C54H60ClF3N18O4. The molecule has 3 aromatic carbocycles. The Morgan fingerprint density at radius 3 is 1.00 bits per heavy atom. The lowest BCUT2D eigenvalue weighted by atomic mass is 10.1. The van der Waals surface area contributed by atoms with Gasteiger partial charge in [0, 0.05) is 108 Å². The molecule has 0 fully saturated rings. The first kappa shape index (κ1) is 65.7. The highest BCUT2D eigenvalue weighted by atomic mass is 35.5. The number of halogens is 4. The predicted octanol–water partition coefficient (Wildman–Crippen LogP) is 8.44. The number of rotatable bonds is 9. The normalized spacial score (nSPS) is 10.3. The molecule has 0 atom stereocenters. The summed E-state index contributed by atoms with van der Waals surface area (Å²) in [6.07, 6.45) is 17.2. The monoisotopic (exact) mass is 1120 g/mol. The van der Waals surface area contributed by atoms with Crippen molar-refractivity contribution in [3.05, 3.63) is 199 Å². The molecule has 9 aromatic rings. The van der Waals surface area contributed by atoms with Crippen molar-refractivity contribution in [2.24, 2.45) is 11.5 Å². The molecular weight excluding hydrogens is 1060 g/mol. The Morgan fingerprint density at radius 1 is 0.475 bits per heavy atom. The summed E-state index contributed by atoms with van der Waals surface area (Å²) in [7, 11) is 0. The molecule has 0 radical (unpaired) electrons. The van der Waals surface area contributed by atoms with E-state index in [4.69, 9.17) is 33.8 Å². The maximum Gasteiger partial charge on any atom is 0.416 e. The summed E-state index contributed by atoms with van der Waals surface area (Å²) in [5.41, 5.74) is 34.7. The summed E-state index contributed by atoms with van der Waals surface area (Å²) in [5, 5.41) is 20.9. The minimum absolute atomic E-state index is 0. The van der Waals surface area contributed by atoms with E-state index >= 15 is 0 Å². The summed E-state index contributed by atoms with van der Waals surface area (Å²) in [6, 6.07) is 26.3. The number of aromatic nitrogens is 12. The molecule has 6 heterocycles. The van der Waals surface area contributed by atoms with Gasteiger partial charge in [-0.15, -0.1) is 27.7 Å². The van der Waals surface area contributed by atoms with Crippen molar-refractivity contribution >= 4 is 65.9 Å². The average Bonchev–Trinajstić information content (AvgIpc) is 4.18. The zero-order chi connectivity index (χ0) is 57.2. The maximum atomic E-state index is 12.8. The number of carboxylic acids is 1. The van der Waals surface area contributed by atoms with Crippen molar-refractivity contribution in [3.8, 4) is 34.2 Å². The summed E-state index contributed by atoms with van der Waals surface area (Å²) in [4.78, 5) is 55.2. The third-order valence-electron chi connectivity index (χ3n) is 9.42. The molecule has 0 spiro atoms. The first-order valence-electron chi connectivity index (χ1n) is 23.0. The van der Waals surface area contributed by atoms with Crippen molar-refractivity contribution in [1.29, 1.82) is 0 Å². The summed E-state index contributed by atoms with van der Waals surface area (Å²) < 4.78 is 42.3. The number of anilines is 3. The number of hydrogen-bond donors (Lipinski definition) is 7. The van der Waals surface area contributed by atoms with Gasteiger partial charge >= 0.3 is 12.1 Å². The van der Waals surface area contributed by atoms with Crippen molar-refractivity contribution < 1.29 is 32.7 Å². The van der Waals surface area contributed by atoms with Crippen molar-refractivity contribution in [2.75, 3.05) is 17.2 Å². The molecule has 6 aromatic heterocycles. The number of carbonyl (C=O) groups is 3. The Bertz CT molecular complexity index is 3200. The van der Waals surface area contributed by atoms with Crippen LogP contribution in [0.5, 0.6) is 0 Å². The number of hydrogen-bond acceptors (Lipinski definition) is 16. The number of amides is 2. The highest BCUT2D eigenvalue weighted by Gasteiger charge is 2.31. The van der Waals surface area contributed by atoms with Crippen LogP contribution in [-0.2, 0) is 20.6 Å². The molecule has 9 rings (SSSR count). The quantitative estimate of drug-likeness (QED) is 0.0666. The van der Waals surface area contributed by atoms with E-state index in [1.807, 2.05) is 52.0 Å². The van der Waals surface area contributed by atoms with Crippen LogP contribution < -0.4 is 34.8 Å². The second-order valence-electron chi connectivity index (χ2n) is 16.4. The molecule has 0 bridgehead atoms. The number of benzene rings is 3. The number of carbonyl (C=O) groups excluding carboxylic acids is 2. The van der Waals surface area contributed by atoms with Gasteiger partial charge in [0.05, 0.1) is 5.56 Å². The van der Waals surface area contributed by atoms with Crippen LogP contribution >= 0.6 is 12.4 Å². The Balaban J connectivity index is 0.000000344. The zero-order valence-electron chi connectivity index (χ0n) is 44.0. The van der Waals surface area contributed by atoms with Crippen LogP contribution in [0.4, 0.5) is 30.2 Å². The molecule has 2 amide bonds. The fourth-order valence-electron chi connectivity index (χ4n) is 6.25. The van der Waals surface area contributed by atoms with E-state index in [0.29, 0.717) is 17.2 Å². The molecule has 0 aliphatic heterocycles. The minimum atomic E-state index is -4.45. The number of aryl methyl sites for hydroxylation is 5. The van der Waals surface area contributed by atoms with Gasteiger partial charge in [-0.1, -0.05) is 34.4 Å². The summed E-state index contributed by atoms with van der Waals surface area (Å²) >= 11 is 0. The Kier molecular flexibility index (Phi) is 27.0. The lowest BCUT2D eigenvalue weighted by molar-refractivity contribution is -0.137. The molecule has 0 unspecified atom stereocenters. The van der Waals surface area contributed by atoms with Crippen LogP contribution in [0.25, 0.3) is 52.8 Å². The van der Waals surface area contributed by atoms with E-state index in [9.17, 15) is 27.6 Å². The Hall–Kier alpha value is -10.4. The van der Waals surface area contributed by atoms with Crippen LogP contribution in [0, 0.1) is 34.6 Å². The highest BCUT2D eigenvalue weighted by molar-refractivity contribution is 5.89. The number of nitrogen functional groups attached to an aromatic ring is 3. The lowest BCUT2D eigenvalue weighted by Crippen LogP contribution is -2.06. The lowest BCUT2D eigenvalue weighted by Gasteiger charge is -2.09. The van der Waals surface area contributed by atoms with Crippen molar-refractivity contribution in [1.82, 2.24) is 65.4 Å². The topological polar surface area (TPSA) is 367 Å². The largest absolute Gasteiger partial charge is 0.478 e. The van der Waals surface area contributed by atoms with Gasteiger partial charge in [-0.3, -0.25) is 24.5 Å². The van der Waals surface area contributed by atoms with E-state index in [-0.39, 0.29) is 29.9 Å². The molecule has 0 saturated carbocycles. The molecule has 418 valence electrons. The molecule has 0 saturated heterocycles. The molecule has 26 heteroatoms. The van der Waals surface area contributed by atoms with Gasteiger partial charge < -0.3 is 39.9 Å². The number of alkyl halides is 3. The molecule has 0 aliphatic rings. The Labute approximate surface area is 464 Å². The second kappa shape index (κ2) is 32.9. The van der Waals surface area contributed by atoms with Crippen LogP contribution in [0.2, 0.25) is 0 Å². The van der Waals surface area contributed by atoms with Gasteiger partial charge in [-0.05, 0) is 119 Å². The van der Waals surface area contributed by atoms with E-state index in [1.165, 1.54) is 59.0 Å². The first-order chi connectivity index (χ1) is 37.0. The van der Waals surface area contributed by atoms with Gasteiger partial charge in [0.25, 0.3) is 0 Å². The zero-order valence-corrected chi connectivity index (χ0v) is 44.8. The number of nitrogens with two attached hydrogens (primary N) is 5. The second-order valence-corrected chi connectivity index (χ2v) is 16.4. The van der Waals surface area contributed by atoms with E-state index in [0.717, 1.165) is 79.5 Å². The number of primary amides is 2. The van der Waals surface area contributed by atoms with E-state index in [2.05, 4.69) is 57.3 Å². The molecule has 0 aliphatic carbocycles. The number of pyridine rings is 3. The molecule has 80 heavy (non-hydrogen) atoms. The van der Waals surface area contributed by atoms with Gasteiger partial charge in [-0.2, -0.15) is 13.2 Å². The first-order valence-corrected chi connectivity index (χ1v) is 23.0. The third kappa shape index (κ3) is 25.0. The van der Waals surface area contributed by atoms with Crippen LogP contribution in [0.3, 0.4) is 0 Å². The molecule has 14 N–H and O–H groups in total. The highest BCUT2D eigenvalue weighted by Crippen LogP contribution is 2.32. The summed E-state index contributed by atoms with van der Waals surface area (Å²) in [6.45, 7) is 9.65. The molecule has 22 nitrogen and oxygen atoms in total. The fraction of sp³-hybridized carbons (Fsp3) is 0.111. The number of aliphatic carboxylic acids is 1. The number of carboxylic acid groups (broad SMARTS) is 1. The van der Waals surface area contributed by atoms with Crippen LogP contribution in [-0.4, -0.2) is 82.1 Å². The minimum Gasteiger partial charge on any atom is -0.478 e. The van der Waals surface area contributed by atoms with Crippen LogP contribution in [0.1, 0.15) is 33.4 Å². The van der Waals surface area contributed by atoms with Crippen molar-refractivity contribution in [2.45, 2.75) is 40.8 Å². The summed E-state index contributed by atoms with van der Waals surface area (Å²) in [5.74, 6) is -0.870. The fourth-order valence-corrected chi connectivity index (χ4v) is 6.25. The predicted molar refractivity (Wildman–Crippen MR) is 305 cm³/mol. The van der Waals surface area contributed by atoms with Gasteiger partial charge in [-0.25, -0.2) is 33.8 Å². The van der Waals surface area contributed by atoms with Gasteiger partial charge in [0.15, 0.2) is 17.5 Å². The SMILES string of the molecule is Cc1cc(-c2ncn(/C=C\C(=O)O)n2)cc(C(F)(F)F)c1.Cc1cc(C)cc(-c2ncn(/C=C\C(N)=O)n2)c1.Cc1cc(C)cc(-c2ncn(/C=C\C(N)=O)n2)c1.Cl.N.Nc1ccncc1.Nc1ccncc1.Nc1ccncc1. The average molecular weight is 1120 g/mol.